The van der Waals surface area contributed by atoms with Gasteiger partial charge in [-0.1, -0.05) is 0 Å². The number of imidazole rings is 2. The van der Waals surface area contributed by atoms with E-state index in [9.17, 15) is 4.57 Å². The van der Waals surface area contributed by atoms with Gasteiger partial charge in [0.15, 0.2) is 11.5 Å². The lowest BCUT2D eigenvalue weighted by Crippen LogP contribution is -2.14. The van der Waals surface area contributed by atoms with Crippen molar-refractivity contribution in [2.45, 2.75) is 46.4 Å². The Morgan fingerprint density at radius 2 is 1.89 bits per heavy atom. The lowest BCUT2D eigenvalue weighted by molar-refractivity contribution is 0.0961. The smallest absolute Gasteiger partial charge is 0.356 e. The van der Waals surface area contributed by atoms with Crippen LogP contribution in [0.5, 0.6) is 0 Å². The number of nitrogens with two attached hydrogens (primary N) is 1. The molecule has 0 aliphatic heterocycles. The number of ether oxygens (including phenoxy) is 1. The van der Waals surface area contributed by atoms with Crippen LogP contribution < -0.4 is 5.73 Å². The largest absolute Gasteiger partial charge is 0.382 e. The molecule has 10 nitrogen and oxygen atoms in total. The molecule has 0 bridgehead atoms. The maximum Gasteiger partial charge on any atom is 0.356 e. The third-order valence-electron chi connectivity index (χ3n) is 3.59. The van der Waals surface area contributed by atoms with Crippen LogP contribution in [0.15, 0.2) is 18.7 Å². The molecule has 3 rings (SSSR count). The maximum atomic E-state index is 12.8. The van der Waals surface area contributed by atoms with Crippen LogP contribution >= 0.6 is 7.60 Å². The van der Waals surface area contributed by atoms with Gasteiger partial charge in [0.05, 0.1) is 25.1 Å². The zero-order chi connectivity index (χ0) is 19.6. The van der Waals surface area contributed by atoms with Crippen molar-refractivity contribution in [2.75, 3.05) is 18.7 Å². The molecular weight excluding hydrogens is 371 g/mol. The number of nitrogens with zero attached hydrogens (tertiary/aromatic N) is 5. The van der Waals surface area contributed by atoms with Gasteiger partial charge in [0.1, 0.15) is 11.9 Å². The van der Waals surface area contributed by atoms with E-state index in [2.05, 4.69) is 15.0 Å². The van der Waals surface area contributed by atoms with E-state index in [1.165, 1.54) is 0 Å². The van der Waals surface area contributed by atoms with Crippen molar-refractivity contribution < 1.29 is 18.3 Å². The van der Waals surface area contributed by atoms with Crippen molar-refractivity contribution in [3.63, 3.8) is 0 Å². The number of fused-ring (bicyclic) bond motifs is 3. The Balaban J connectivity index is 1.69. The summed E-state index contributed by atoms with van der Waals surface area (Å²) in [5.41, 5.74) is 7.33. The van der Waals surface area contributed by atoms with Gasteiger partial charge >= 0.3 is 7.60 Å². The molecule has 2 N–H and O–H groups in total. The van der Waals surface area contributed by atoms with E-state index in [1.807, 2.05) is 36.7 Å². The fourth-order valence-corrected chi connectivity index (χ4v) is 4.55. The molecule has 0 saturated carbocycles. The molecule has 0 fully saturated rings. The first-order valence-electron chi connectivity index (χ1n) is 8.76. The van der Waals surface area contributed by atoms with Crippen molar-refractivity contribution in [3.05, 3.63) is 18.7 Å². The Morgan fingerprint density at radius 1 is 1.19 bits per heavy atom. The molecular formula is C16H25N6O4P. The number of nitrogen functional groups attached to an aromatic ring is 1. The monoisotopic (exact) mass is 396 g/mol. The Hall–Kier alpha value is -2.00. The van der Waals surface area contributed by atoms with Crippen molar-refractivity contribution in [1.82, 2.24) is 23.9 Å². The summed E-state index contributed by atoms with van der Waals surface area (Å²) in [6, 6.07) is 0. The summed E-state index contributed by atoms with van der Waals surface area (Å²) in [4.78, 5) is 12.7. The van der Waals surface area contributed by atoms with Crippen LogP contribution in [0.2, 0.25) is 0 Å². The summed E-state index contributed by atoms with van der Waals surface area (Å²) in [5, 5.41) is 0. The molecule has 27 heavy (non-hydrogen) atoms. The topological polar surface area (TPSA) is 119 Å². The number of hydrogen-bond acceptors (Lipinski definition) is 8. The minimum absolute atomic E-state index is 0.111. The van der Waals surface area contributed by atoms with Crippen molar-refractivity contribution in [1.29, 1.82) is 0 Å². The first-order chi connectivity index (χ1) is 12.8. The molecule has 3 aromatic heterocycles. The first kappa shape index (κ1) is 19.8. The minimum atomic E-state index is -3.32. The Labute approximate surface area is 157 Å². The van der Waals surface area contributed by atoms with Gasteiger partial charge in [-0.25, -0.2) is 9.97 Å². The highest BCUT2D eigenvalue weighted by atomic mass is 31.2. The molecule has 0 aromatic carbocycles. The lowest BCUT2D eigenvalue weighted by Gasteiger charge is -2.22. The van der Waals surface area contributed by atoms with E-state index in [0.717, 1.165) is 5.65 Å². The quantitative estimate of drug-likeness (QED) is 0.433. The van der Waals surface area contributed by atoms with Crippen LogP contribution in [0.3, 0.4) is 0 Å². The average Bonchev–Trinajstić information content (AvgIpc) is 3.16. The normalized spacial score (nSPS) is 12.8. The van der Waals surface area contributed by atoms with Gasteiger partial charge in [0, 0.05) is 18.9 Å². The zero-order valence-electron chi connectivity index (χ0n) is 15.9. The molecule has 0 atom stereocenters. The van der Waals surface area contributed by atoms with Crippen LogP contribution in [0, 0.1) is 0 Å². The van der Waals surface area contributed by atoms with E-state index >= 15 is 0 Å². The van der Waals surface area contributed by atoms with Gasteiger partial charge in [0.2, 0.25) is 5.78 Å². The van der Waals surface area contributed by atoms with Crippen LogP contribution in [-0.2, 0) is 24.9 Å². The van der Waals surface area contributed by atoms with Gasteiger partial charge < -0.3 is 24.1 Å². The van der Waals surface area contributed by atoms with Crippen LogP contribution in [0.25, 0.3) is 16.9 Å². The molecule has 11 heteroatoms. The Morgan fingerprint density at radius 3 is 2.56 bits per heavy atom. The molecule has 0 amide bonds. The second-order valence-corrected chi connectivity index (χ2v) is 8.56. The molecule has 3 heterocycles. The molecule has 0 spiro atoms. The van der Waals surface area contributed by atoms with E-state index < -0.39 is 7.60 Å². The van der Waals surface area contributed by atoms with Crippen molar-refractivity contribution in [3.8, 4) is 0 Å². The number of rotatable bonds is 9. The van der Waals surface area contributed by atoms with Gasteiger partial charge in [-0.3, -0.25) is 8.97 Å². The fraction of sp³-hybridized carbons (Fsp3) is 0.562. The minimum Gasteiger partial charge on any atom is -0.382 e. The van der Waals surface area contributed by atoms with Crippen LogP contribution in [-0.4, -0.2) is 49.1 Å². The van der Waals surface area contributed by atoms with Gasteiger partial charge in [-0.15, -0.1) is 0 Å². The highest BCUT2D eigenvalue weighted by molar-refractivity contribution is 7.53. The highest BCUT2D eigenvalue weighted by Crippen LogP contribution is 2.50. The molecule has 148 valence electrons. The van der Waals surface area contributed by atoms with Crippen molar-refractivity contribution >= 4 is 30.4 Å². The predicted octanol–water partition coefficient (Wildman–Crippen LogP) is 2.68. The molecule has 0 aliphatic rings. The van der Waals surface area contributed by atoms with Gasteiger partial charge in [-0.2, -0.15) is 4.98 Å². The van der Waals surface area contributed by atoms with Crippen molar-refractivity contribution in [2.24, 2.45) is 0 Å². The van der Waals surface area contributed by atoms with E-state index in [-0.39, 0.29) is 18.6 Å². The summed E-state index contributed by atoms with van der Waals surface area (Å²) in [7, 11) is -3.32. The summed E-state index contributed by atoms with van der Waals surface area (Å²) in [5.74, 6) is 0.825. The van der Waals surface area contributed by atoms with Gasteiger partial charge in [0.25, 0.3) is 0 Å². The second-order valence-electron chi connectivity index (χ2n) is 6.66. The molecule has 0 unspecified atom stereocenters. The summed E-state index contributed by atoms with van der Waals surface area (Å²) in [6.07, 6.45) is 4.56. The predicted molar refractivity (Wildman–Crippen MR) is 102 cm³/mol. The number of aromatic nitrogens is 5. The third kappa shape index (κ3) is 4.47. The van der Waals surface area contributed by atoms with Gasteiger partial charge in [-0.05, 0) is 27.7 Å². The summed E-state index contributed by atoms with van der Waals surface area (Å²) in [6.45, 7) is 8.02. The van der Waals surface area contributed by atoms with Crippen LogP contribution in [0.1, 0.15) is 27.7 Å². The van der Waals surface area contributed by atoms with E-state index in [4.69, 9.17) is 19.5 Å². The average molecular weight is 396 g/mol. The van der Waals surface area contributed by atoms with E-state index in [1.54, 1.807) is 18.7 Å². The standard InChI is InChI=1S/C16H25N6O4P/c1-11(2)25-27(23,26-12(3)4)10-24-8-7-21-9-19-13-14(17)20-16-18-5-6-22(16)15(13)21/h5-6,9,11-12H,7-8,10H2,1-4H3,(H2,17,18,20). The van der Waals surface area contributed by atoms with E-state index in [0.29, 0.717) is 30.3 Å². The highest BCUT2D eigenvalue weighted by Gasteiger charge is 2.28. The summed E-state index contributed by atoms with van der Waals surface area (Å²) >= 11 is 0. The molecule has 0 radical (unpaired) electrons. The fourth-order valence-electron chi connectivity index (χ4n) is 2.74. The maximum absolute atomic E-state index is 12.8. The zero-order valence-corrected chi connectivity index (χ0v) is 16.8. The second kappa shape index (κ2) is 7.93. The first-order valence-corrected chi connectivity index (χ1v) is 10.5. The SMILES string of the molecule is CC(C)OP(=O)(COCCn1cnc2c(N)nc3nccn3c21)OC(C)C. The lowest BCUT2D eigenvalue weighted by atomic mass is 10.5. The number of anilines is 1. The van der Waals surface area contributed by atoms with Crippen LogP contribution in [0.4, 0.5) is 5.82 Å². The molecule has 0 aliphatic carbocycles. The Kier molecular flexibility index (Phi) is 5.81. The molecule has 0 saturated heterocycles. The number of hydrogen-bond donors (Lipinski definition) is 1. The third-order valence-corrected chi connectivity index (χ3v) is 5.58. The summed E-state index contributed by atoms with van der Waals surface area (Å²) < 4.78 is 33.0. The molecule has 3 aromatic rings. The Bertz CT molecular complexity index is 953.